The molecule has 0 radical (unpaired) electrons. The third kappa shape index (κ3) is 4.14. The number of amides is 1. The Morgan fingerprint density at radius 3 is 2.91 bits per heavy atom. The van der Waals surface area contributed by atoms with Crippen molar-refractivity contribution in [3.63, 3.8) is 0 Å². The van der Waals surface area contributed by atoms with E-state index in [2.05, 4.69) is 15.6 Å². The molecular formula is C16H22N4O2. The minimum Gasteiger partial charge on any atom is -0.354 e. The maximum absolute atomic E-state index is 12.3. The van der Waals surface area contributed by atoms with Gasteiger partial charge in [-0.2, -0.15) is 0 Å². The first-order valence-electron chi connectivity index (χ1n) is 7.56. The molecule has 6 heteroatoms. The van der Waals surface area contributed by atoms with Gasteiger partial charge < -0.3 is 10.6 Å². The molecule has 22 heavy (non-hydrogen) atoms. The van der Waals surface area contributed by atoms with Gasteiger partial charge in [-0.05, 0) is 25.6 Å². The molecule has 6 nitrogen and oxygen atoms in total. The van der Waals surface area contributed by atoms with E-state index in [9.17, 15) is 9.59 Å². The summed E-state index contributed by atoms with van der Waals surface area (Å²) in [6.45, 7) is 5.82. The summed E-state index contributed by atoms with van der Waals surface area (Å²) in [5.41, 5.74) is 0.562. The standard InChI is InChI=1S/C16H22N4O2/c1-3-17-12(2)10-18-15(21)8-9-20-11-19-14-7-5-4-6-13(14)16(20)22/h4-7,11-12,17H,3,8-10H2,1-2H3,(H,18,21)/t12-/m1/s1. The monoisotopic (exact) mass is 302 g/mol. The number of likely N-dealkylation sites (N-methyl/N-ethyl adjacent to an activating group) is 1. The molecule has 1 aromatic carbocycles. The third-order valence-electron chi connectivity index (χ3n) is 3.47. The van der Waals surface area contributed by atoms with E-state index in [4.69, 9.17) is 0 Å². The summed E-state index contributed by atoms with van der Waals surface area (Å²) in [6.07, 6.45) is 1.76. The highest BCUT2D eigenvalue weighted by Crippen LogP contribution is 2.04. The predicted molar refractivity (Wildman–Crippen MR) is 86.8 cm³/mol. The van der Waals surface area contributed by atoms with Crippen molar-refractivity contribution < 1.29 is 4.79 Å². The molecule has 2 rings (SSSR count). The quantitative estimate of drug-likeness (QED) is 0.797. The Kier molecular flexibility index (Phi) is 5.66. The number of hydrogen-bond acceptors (Lipinski definition) is 4. The topological polar surface area (TPSA) is 76.0 Å². The molecule has 0 spiro atoms. The van der Waals surface area contributed by atoms with Crippen LogP contribution < -0.4 is 16.2 Å². The lowest BCUT2D eigenvalue weighted by molar-refractivity contribution is -0.121. The van der Waals surface area contributed by atoms with Crippen LogP contribution in [0.1, 0.15) is 20.3 Å². The zero-order valence-electron chi connectivity index (χ0n) is 13.0. The van der Waals surface area contributed by atoms with Gasteiger partial charge in [0.15, 0.2) is 0 Å². The van der Waals surface area contributed by atoms with Crippen LogP contribution in [0.25, 0.3) is 10.9 Å². The van der Waals surface area contributed by atoms with Gasteiger partial charge in [-0.3, -0.25) is 14.2 Å². The van der Waals surface area contributed by atoms with Crippen LogP contribution in [-0.4, -0.2) is 34.6 Å². The fraction of sp³-hybridized carbons (Fsp3) is 0.438. The van der Waals surface area contributed by atoms with E-state index in [1.807, 2.05) is 26.0 Å². The number of benzene rings is 1. The summed E-state index contributed by atoms with van der Waals surface area (Å²) >= 11 is 0. The lowest BCUT2D eigenvalue weighted by Gasteiger charge is -2.13. The number of para-hydroxylation sites is 1. The molecule has 0 unspecified atom stereocenters. The number of fused-ring (bicyclic) bond motifs is 1. The Morgan fingerprint density at radius 1 is 1.36 bits per heavy atom. The number of nitrogens with one attached hydrogen (secondary N) is 2. The molecule has 1 atom stereocenters. The molecule has 0 saturated carbocycles. The van der Waals surface area contributed by atoms with Crippen molar-refractivity contribution in [3.05, 3.63) is 40.9 Å². The molecule has 0 bridgehead atoms. The van der Waals surface area contributed by atoms with Crippen LogP contribution in [0.2, 0.25) is 0 Å². The number of aryl methyl sites for hydroxylation is 1. The lowest BCUT2D eigenvalue weighted by Crippen LogP contribution is -2.39. The number of carbonyl (C=O) groups excluding carboxylic acids is 1. The zero-order valence-corrected chi connectivity index (χ0v) is 13.0. The Labute approximate surface area is 129 Å². The fourth-order valence-corrected chi connectivity index (χ4v) is 2.26. The first-order chi connectivity index (χ1) is 10.6. The number of hydrogen-bond donors (Lipinski definition) is 2. The molecule has 1 heterocycles. The Hall–Kier alpha value is -2.21. The number of carbonyl (C=O) groups is 1. The summed E-state index contributed by atoms with van der Waals surface area (Å²) in [6, 6.07) is 7.44. The van der Waals surface area contributed by atoms with Gasteiger partial charge in [0.25, 0.3) is 5.56 Å². The van der Waals surface area contributed by atoms with Crippen LogP contribution in [0.5, 0.6) is 0 Å². The highest BCUT2D eigenvalue weighted by Gasteiger charge is 2.07. The first-order valence-corrected chi connectivity index (χ1v) is 7.56. The van der Waals surface area contributed by atoms with Crippen LogP contribution in [0.3, 0.4) is 0 Å². The molecule has 2 aromatic rings. The lowest BCUT2D eigenvalue weighted by atomic mass is 10.2. The first kappa shape index (κ1) is 16.2. The zero-order chi connectivity index (χ0) is 15.9. The highest BCUT2D eigenvalue weighted by molar-refractivity contribution is 5.77. The van der Waals surface area contributed by atoms with E-state index < -0.39 is 0 Å². The SMILES string of the molecule is CCN[C@H](C)CNC(=O)CCn1cnc2ccccc2c1=O. The van der Waals surface area contributed by atoms with Crippen molar-refractivity contribution in [2.45, 2.75) is 32.9 Å². The van der Waals surface area contributed by atoms with Crippen molar-refractivity contribution in [2.24, 2.45) is 0 Å². The summed E-state index contributed by atoms with van der Waals surface area (Å²) in [5.74, 6) is -0.0650. The second-order valence-electron chi connectivity index (χ2n) is 5.27. The summed E-state index contributed by atoms with van der Waals surface area (Å²) in [7, 11) is 0. The molecule has 118 valence electrons. The normalized spacial score (nSPS) is 12.3. The molecule has 1 aromatic heterocycles. The van der Waals surface area contributed by atoms with E-state index in [-0.39, 0.29) is 23.9 Å². The van der Waals surface area contributed by atoms with Gasteiger partial charge in [-0.15, -0.1) is 0 Å². The van der Waals surface area contributed by atoms with E-state index >= 15 is 0 Å². The Morgan fingerprint density at radius 2 is 2.14 bits per heavy atom. The summed E-state index contributed by atoms with van der Waals surface area (Å²) < 4.78 is 1.48. The van der Waals surface area contributed by atoms with Crippen LogP contribution in [0, 0.1) is 0 Å². The van der Waals surface area contributed by atoms with Gasteiger partial charge in [0, 0.05) is 25.6 Å². The van der Waals surface area contributed by atoms with Gasteiger partial charge in [-0.25, -0.2) is 4.98 Å². The van der Waals surface area contributed by atoms with Gasteiger partial charge in [0.2, 0.25) is 5.91 Å². The van der Waals surface area contributed by atoms with Crippen molar-refractivity contribution in [1.82, 2.24) is 20.2 Å². The van der Waals surface area contributed by atoms with Gasteiger partial charge >= 0.3 is 0 Å². The number of rotatable bonds is 7. The van der Waals surface area contributed by atoms with E-state index in [0.29, 0.717) is 24.0 Å². The van der Waals surface area contributed by atoms with Crippen molar-refractivity contribution in [2.75, 3.05) is 13.1 Å². The maximum atomic E-state index is 12.3. The second-order valence-corrected chi connectivity index (χ2v) is 5.27. The van der Waals surface area contributed by atoms with Crippen molar-refractivity contribution >= 4 is 16.8 Å². The van der Waals surface area contributed by atoms with Crippen LogP contribution in [-0.2, 0) is 11.3 Å². The van der Waals surface area contributed by atoms with Crippen molar-refractivity contribution in [3.8, 4) is 0 Å². The molecule has 0 aliphatic heterocycles. The Balaban J connectivity index is 1.93. The van der Waals surface area contributed by atoms with Gasteiger partial charge in [-0.1, -0.05) is 19.1 Å². The van der Waals surface area contributed by atoms with Gasteiger partial charge in [0.1, 0.15) is 0 Å². The highest BCUT2D eigenvalue weighted by atomic mass is 16.1. The predicted octanol–water partition coefficient (Wildman–Crippen LogP) is 0.901. The molecule has 0 saturated heterocycles. The molecular weight excluding hydrogens is 280 g/mol. The molecule has 1 amide bonds. The average Bonchev–Trinajstić information content (AvgIpc) is 2.53. The number of nitrogens with zero attached hydrogens (tertiary/aromatic N) is 2. The average molecular weight is 302 g/mol. The molecule has 0 aliphatic carbocycles. The van der Waals surface area contributed by atoms with Crippen LogP contribution in [0.15, 0.2) is 35.4 Å². The summed E-state index contributed by atoms with van der Waals surface area (Å²) in [4.78, 5) is 28.3. The van der Waals surface area contributed by atoms with Crippen LogP contribution in [0.4, 0.5) is 0 Å². The largest absolute Gasteiger partial charge is 0.354 e. The second kappa shape index (κ2) is 7.70. The van der Waals surface area contributed by atoms with Crippen LogP contribution >= 0.6 is 0 Å². The van der Waals surface area contributed by atoms with Crippen molar-refractivity contribution in [1.29, 1.82) is 0 Å². The minimum atomic E-state index is -0.112. The summed E-state index contributed by atoms with van der Waals surface area (Å²) in [5, 5.41) is 6.66. The number of aromatic nitrogens is 2. The van der Waals surface area contributed by atoms with E-state index in [1.54, 1.807) is 12.1 Å². The smallest absolute Gasteiger partial charge is 0.261 e. The molecule has 2 N–H and O–H groups in total. The Bertz CT molecular complexity index is 696. The maximum Gasteiger partial charge on any atom is 0.261 e. The molecule has 0 aliphatic rings. The molecule has 0 fully saturated rings. The van der Waals surface area contributed by atoms with Gasteiger partial charge in [0.05, 0.1) is 17.2 Å². The third-order valence-corrected chi connectivity index (χ3v) is 3.47. The van der Waals surface area contributed by atoms with E-state index in [0.717, 1.165) is 6.54 Å². The van der Waals surface area contributed by atoms with E-state index in [1.165, 1.54) is 10.9 Å². The minimum absolute atomic E-state index is 0.0650. The fourth-order valence-electron chi connectivity index (χ4n) is 2.26.